The fourth-order valence-electron chi connectivity index (χ4n) is 1.38. The van der Waals surface area contributed by atoms with Crippen molar-refractivity contribution in [2.45, 2.75) is 6.92 Å². The van der Waals surface area contributed by atoms with Gasteiger partial charge in [0, 0.05) is 5.56 Å². The molecule has 0 amide bonds. The summed E-state index contributed by atoms with van der Waals surface area (Å²) in [5, 5.41) is 3.99. The second-order valence-corrected chi connectivity index (χ2v) is 3.76. The summed E-state index contributed by atoms with van der Waals surface area (Å²) in [6.07, 6.45) is 1.47. The number of hydrazone groups is 1. The van der Waals surface area contributed by atoms with Crippen molar-refractivity contribution in [3.8, 4) is 0 Å². The summed E-state index contributed by atoms with van der Waals surface area (Å²) in [4.78, 5) is 0. The van der Waals surface area contributed by atoms with E-state index in [0.717, 1.165) is 5.69 Å². The van der Waals surface area contributed by atoms with Crippen LogP contribution >= 0.6 is 0 Å². The first-order valence-corrected chi connectivity index (χ1v) is 5.36. The Kier molecular flexibility index (Phi) is 3.50. The number of rotatable bonds is 3. The number of halogens is 1. The van der Waals surface area contributed by atoms with Crippen LogP contribution in [0.15, 0.2) is 53.6 Å². The van der Waals surface area contributed by atoms with Crippen LogP contribution < -0.4 is 5.43 Å². The van der Waals surface area contributed by atoms with Crippen LogP contribution in [0, 0.1) is 12.7 Å². The van der Waals surface area contributed by atoms with Crippen molar-refractivity contribution in [1.82, 2.24) is 0 Å². The minimum Gasteiger partial charge on any atom is -0.279 e. The zero-order valence-corrected chi connectivity index (χ0v) is 9.52. The third-order valence-corrected chi connectivity index (χ3v) is 2.35. The van der Waals surface area contributed by atoms with Crippen LogP contribution in [-0.2, 0) is 0 Å². The van der Waals surface area contributed by atoms with E-state index in [-0.39, 0.29) is 5.82 Å². The maximum Gasteiger partial charge on any atom is 0.132 e. The van der Waals surface area contributed by atoms with E-state index in [1.165, 1.54) is 17.8 Å². The van der Waals surface area contributed by atoms with Crippen molar-refractivity contribution in [3.63, 3.8) is 0 Å². The van der Waals surface area contributed by atoms with Gasteiger partial charge in [0.15, 0.2) is 0 Å². The van der Waals surface area contributed by atoms with Crippen LogP contribution in [0.5, 0.6) is 0 Å². The first-order valence-electron chi connectivity index (χ1n) is 5.36. The van der Waals surface area contributed by atoms with Crippen molar-refractivity contribution in [2.24, 2.45) is 5.10 Å². The molecule has 17 heavy (non-hydrogen) atoms. The number of hydrogen-bond acceptors (Lipinski definition) is 2. The zero-order valence-electron chi connectivity index (χ0n) is 9.52. The Bertz CT molecular complexity index is 518. The number of nitrogens with zero attached hydrogens (tertiary/aromatic N) is 1. The molecule has 2 aromatic carbocycles. The van der Waals surface area contributed by atoms with E-state index in [9.17, 15) is 4.39 Å². The molecule has 0 radical (unpaired) electrons. The predicted molar refractivity (Wildman–Crippen MR) is 68.8 cm³/mol. The maximum atomic E-state index is 13.2. The van der Waals surface area contributed by atoms with E-state index in [1.54, 1.807) is 18.2 Å². The van der Waals surface area contributed by atoms with Crippen LogP contribution in [0.3, 0.4) is 0 Å². The van der Waals surface area contributed by atoms with Crippen molar-refractivity contribution >= 4 is 11.9 Å². The zero-order chi connectivity index (χ0) is 12.1. The second-order valence-electron chi connectivity index (χ2n) is 3.76. The highest BCUT2D eigenvalue weighted by Crippen LogP contribution is 2.08. The summed E-state index contributed by atoms with van der Waals surface area (Å²) in [7, 11) is 0. The Labute approximate surface area is 99.8 Å². The van der Waals surface area contributed by atoms with Crippen molar-refractivity contribution < 1.29 is 4.39 Å². The van der Waals surface area contributed by atoms with Gasteiger partial charge in [-0.1, -0.05) is 35.9 Å². The molecule has 2 aromatic rings. The highest BCUT2D eigenvalue weighted by molar-refractivity contribution is 5.80. The van der Waals surface area contributed by atoms with Crippen LogP contribution in [0.25, 0.3) is 0 Å². The van der Waals surface area contributed by atoms with Gasteiger partial charge in [-0.2, -0.15) is 5.10 Å². The molecule has 0 aliphatic rings. The molecule has 0 aromatic heterocycles. The first-order chi connectivity index (χ1) is 8.25. The molecule has 3 heteroatoms. The molecule has 2 rings (SSSR count). The molecule has 2 nitrogen and oxygen atoms in total. The molecular weight excluding hydrogens is 215 g/mol. The molecule has 0 saturated carbocycles. The van der Waals surface area contributed by atoms with E-state index in [0.29, 0.717) is 5.56 Å². The summed E-state index contributed by atoms with van der Waals surface area (Å²) in [5.41, 5.74) is 5.38. The van der Waals surface area contributed by atoms with Gasteiger partial charge in [0.1, 0.15) is 5.82 Å². The molecular formula is C14H13FN2. The van der Waals surface area contributed by atoms with Gasteiger partial charge in [0.2, 0.25) is 0 Å². The summed E-state index contributed by atoms with van der Waals surface area (Å²) in [6, 6.07) is 14.3. The molecule has 1 N–H and O–H groups in total. The SMILES string of the molecule is Cc1ccc(N/N=C\c2ccccc2F)cc1. The van der Waals surface area contributed by atoms with E-state index in [2.05, 4.69) is 10.5 Å². The summed E-state index contributed by atoms with van der Waals surface area (Å²) < 4.78 is 13.2. The van der Waals surface area contributed by atoms with Gasteiger partial charge in [-0.25, -0.2) is 4.39 Å². The van der Waals surface area contributed by atoms with Gasteiger partial charge in [0.05, 0.1) is 11.9 Å². The quantitative estimate of drug-likeness (QED) is 0.630. The molecule has 0 unspecified atom stereocenters. The minimum atomic E-state index is -0.276. The topological polar surface area (TPSA) is 24.4 Å². The summed E-state index contributed by atoms with van der Waals surface area (Å²) >= 11 is 0. The summed E-state index contributed by atoms with van der Waals surface area (Å²) in [6.45, 7) is 2.02. The number of hydrogen-bond donors (Lipinski definition) is 1. The van der Waals surface area contributed by atoms with Crippen LogP contribution in [0.4, 0.5) is 10.1 Å². The Balaban J connectivity index is 2.03. The van der Waals surface area contributed by atoms with Gasteiger partial charge >= 0.3 is 0 Å². The lowest BCUT2D eigenvalue weighted by Crippen LogP contribution is -1.92. The Morgan fingerprint density at radius 3 is 2.47 bits per heavy atom. The normalized spacial score (nSPS) is 10.7. The molecule has 0 aliphatic heterocycles. The first kappa shape index (κ1) is 11.3. The largest absolute Gasteiger partial charge is 0.279 e. The standard InChI is InChI=1S/C14H13FN2/c1-11-6-8-13(9-7-11)17-16-10-12-4-2-3-5-14(12)15/h2-10,17H,1H3/b16-10-. The Morgan fingerprint density at radius 2 is 1.76 bits per heavy atom. The monoisotopic (exact) mass is 228 g/mol. The number of anilines is 1. The van der Waals surface area contributed by atoms with Crippen molar-refractivity contribution in [3.05, 3.63) is 65.5 Å². The predicted octanol–water partition coefficient (Wildman–Crippen LogP) is 3.58. The summed E-state index contributed by atoms with van der Waals surface area (Å²) in [5.74, 6) is -0.276. The average molecular weight is 228 g/mol. The van der Waals surface area contributed by atoms with Gasteiger partial charge in [-0.3, -0.25) is 5.43 Å². The molecule has 0 spiro atoms. The molecule has 0 saturated heterocycles. The molecule has 0 atom stereocenters. The smallest absolute Gasteiger partial charge is 0.132 e. The minimum absolute atomic E-state index is 0.276. The maximum absolute atomic E-state index is 13.2. The second kappa shape index (κ2) is 5.25. The highest BCUT2D eigenvalue weighted by atomic mass is 19.1. The fourth-order valence-corrected chi connectivity index (χ4v) is 1.38. The number of benzene rings is 2. The third kappa shape index (κ3) is 3.14. The molecule has 0 fully saturated rings. The molecule has 0 bridgehead atoms. The van der Waals surface area contributed by atoms with Crippen LogP contribution in [0.2, 0.25) is 0 Å². The Hall–Kier alpha value is -2.16. The lowest BCUT2D eigenvalue weighted by atomic mass is 10.2. The van der Waals surface area contributed by atoms with Crippen molar-refractivity contribution in [1.29, 1.82) is 0 Å². The van der Waals surface area contributed by atoms with E-state index < -0.39 is 0 Å². The van der Waals surface area contributed by atoms with E-state index in [4.69, 9.17) is 0 Å². The van der Waals surface area contributed by atoms with Crippen LogP contribution in [0.1, 0.15) is 11.1 Å². The average Bonchev–Trinajstić information content (AvgIpc) is 2.34. The molecule has 86 valence electrons. The number of nitrogens with one attached hydrogen (secondary N) is 1. The number of aryl methyl sites for hydroxylation is 1. The fraction of sp³-hybridized carbons (Fsp3) is 0.0714. The van der Waals surface area contributed by atoms with Gasteiger partial charge in [-0.05, 0) is 25.1 Å². The van der Waals surface area contributed by atoms with Crippen LogP contribution in [-0.4, -0.2) is 6.21 Å². The highest BCUT2D eigenvalue weighted by Gasteiger charge is 1.95. The Morgan fingerprint density at radius 1 is 1.06 bits per heavy atom. The van der Waals surface area contributed by atoms with E-state index in [1.807, 2.05) is 31.2 Å². The van der Waals surface area contributed by atoms with Crippen molar-refractivity contribution in [2.75, 3.05) is 5.43 Å². The van der Waals surface area contributed by atoms with Gasteiger partial charge in [0.25, 0.3) is 0 Å². The molecule has 0 aliphatic carbocycles. The van der Waals surface area contributed by atoms with E-state index >= 15 is 0 Å². The molecule has 0 heterocycles. The lowest BCUT2D eigenvalue weighted by molar-refractivity contribution is 0.626. The van der Waals surface area contributed by atoms with Gasteiger partial charge in [-0.15, -0.1) is 0 Å². The third-order valence-electron chi connectivity index (χ3n) is 2.35. The van der Waals surface area contributed by atoms with Gasteiger partial charge < -0.3 is 0 Å². The lowest BCUT2D eigenvalue weighted by Gasteiger charge is -2.00.